The molecule has 1 aromatic rings. The summed E-state index contributed by atoms with van der Waals surface area (Å²) in [7, 11) is 1.70. The molecule has 2 aliphatic rings. The standard InChI is InChI=1S/C14H18N2O/c1-9-13(17-2)6-11(8-15-9)12-5-3-4-10-7-16-14(10)12/h5-6,8,10,14,16H,3-4,7H2,1-2H3. The molecule has 1 aliphatic carbocycles. The monoisotopic (exact) mass is 230 g/mol. The van der Waals surface area contributed by atoms with Gasteiger partial charge in [0.2, 0.25) is 0 Å². The molecule has 0 saturated carbocycles. The predicted molar refractivity (Wildman–Crippen MR) is 68.0 cm³/mol. The lowest BCUT2D eigenvalue weighted by molar-refractivity contribution is 0.262. The highest BCUT2D eigenvalue weighted by Gasteiger charge is 2.35. The van der Waals surface area contributed by atoms with Crippen LogP contribution in [0.1, 0.15) is 24.1 Å². The van der Waals surface area contributed by atoms with E-state index in [0.29, 0.717) is 6.04 Å². The lowest BCUT2D eigenvalue weighted by Crippen LogP contribution is -2.54. The summed E-state index contributed by atoms with van der Waals surface area (Å²) >= 11 is 0. The molecule has 1 aromatic heterocycles. The molecule has 0 radical (unpaired) electrons. The zero-order chi connectivity index (χ0) is 11.8. The highest BCUT2D eigenvalue weighted by Crippen LogP contribution is 2.36. The predicted octanol–water partition coefficient (Wildman–Crippen LogP) is 2.16. The van der Waals surface area contributed by atoms with Gasteiger partial charge in [0.05, 0.1) is 12.8 Å². The van der Waals surface area contributed by atoms with Crippen LogP contribution in [0, 0.1) is 12.8 Å². The molecular weight excluding hydrogens is 212 g/mol. The third-order valence-corrected chi connectivity index (χ3v) is 3.90. The Morgan fingerprint density at radius 3 is 3.06 bits per heavy atom. The highest BCUT2D eigenvalue weighted by atomic mass is 16.5. The molecule has 0 spiro atoms. The molecule has 2 heterocycles. The van der Waals surface area contributed by atoms with Crippen molar-refractivity contribution in [1.29, 1.82) is 0 Å². The molecule has 2 unspecified atom stereocenters. The first-order chi connectivity index (χ1) is 8.29. The SMILES string of the molecule is COc1cc(C2=CCCC3CNC23)cnc1C. The molecule has 0 bridgehead atoms. The summed E-state index contributed by atoms with van der Waals surface area (Å²) in [5, 5.41) is 3.51. The lowest BCUT2D eigenvalue weighted by Gasteiger charge is -2.42. The maximum absolute atomic E-state index is 5.35. The Morgan fingerprint density at radius 2 is 2.35 bits per heavy atom. The van der Waals surface area contributed by atoms with Crippen LogP contribution in [0.15, 0.2) is 18.3 Å². The van der Waals surface area contributed by atoms with Crippen LogP contribution in [-0.4, -0.2) is 24.7 Å². The van der Waals surface area contributed by atoms with E-state index in [4.69, 9.17) is 4.74 Å². The topological polar surface area (TPSA) is 34.1 Å². The van der Waals surface area contributed by atoms with Crippen molar-refractivity contribution in [3.8, 4) is 5.75 Å². The van der Waals surface area contributed by atoms with E-state index in [2.05, 4.69) is 22.4 Å². The van der Waals surface area contributed by atoms with Gasteiger partial charge in [0, 0.05) is 24.3 Å². The van der Waals surface area contributed by atoms with Crippen LogP contribution in [0.4, 0.5) is 0 Å². The summed E-state index contributed by atoms with van der Waals surface area (Å²) in [6.45, 7) is 3.14. The van der Waals surface area contributed by atoms with Gasteiger partial charge in [0.25, 0.3) is 0 Å². The number of pyridine rings is 1. The fourth-order valence-electron chi connectivity index (χ4n) is 2.79. The van der Waals surface area contributed by atoms with Crippen LogP contribution in [-0.2, 0) is 0 Å². The maximum atomic E-state index is 5.35. The number of allylic oxidation sites excluding steroid dienone is 1. The number of nitrogens with one attached hydrogen (secondary N) is 1. The molecule has 1 fully saturated rings. The number of hydrogen-bond donors (Lipinski definition) is 1. The quantitative estimate of drug-likeness (QED) is 0.845. The van der Waals surface area contributed by atoms with Gasteiger partial charge in [-0.1, -0.05) is 6.08 Å². The number of ether oxygens (including phenoxy) is 1. The number of aromatic nitrogens is 1. The van der Waals surface area contributed by atoms with Gasteiger partial charge < -0.3 is 10.1 Å². The third-order valence-electron chi connectivity index (χ3n) is 3.90. The second kappa shape index (κ2) is 4.15. The van der Waals surface area contributed by atoms with E-state index in [0.717, 1.165) is 17.4 Å². The third kappa shape index (κ3) is 1.75. The van der Waals surface area contributed by atoms with E-state index < -0.39 is 0 Å². The smallest absolute Gasteiger partial charge is 0.140 e. The van der Waals surface area contributed by atoms with Gasteiger partial charge in [0.1, 0.15) is 5.75 Å². The first-order valence-electron chi connectivity index (χ1n) is 6.24. The Kier molecular flexibility index (Phi) is 2.63. The molecule has 0 aromatic carbocycles. The zero-order valence-electron chi connectivity index (χ0n) is 10.4. The van der Waals surface area contributed by atoms with Gasteiger partial charge in [-0.15, -0.1) is 0 Å². The summed E-state index contributed by atoms with van der Waals surface area (Å²) in [5.74, 6) is 1.70. The van der Waals surface area contributed by atoms with Crippen molar-refractivity contribution >= 4 is 5.57 Å². The Labute approximate surface area is 102 Å². The van der Waals surface area contributed by atoms with E-state index in [1.807, 2.05) is 13.1 Å². The highest BCUT2D eigenvalue weighted by molar-refractivity contribution is 5.72. The van der Waals surface area contributed by atoms with Crippen molar-refractivity contribution in [3.63, 3.8) is 0 Å². The maximum Gasteiger partial charge on any atom is 0.140 e. The summed E-state index contributed by atoms with van der Waals surface area (Å²) in [6, 6.07) is 2.65. The van der Waals surface area contributed by atoms with Crippen LogP contribution in [0.2, 0.25) is 0 Å². The first-order valence-corrected chi connectivity index (χ1v) is 6.24. The minimum absolute atomic E-state index is 0.540. The summed E-state index contributed by atoms with van der Waals surface area (Å²) in [6.07, 6.45) is 6.82. The average molecular weight is 230 g/mol. The molecular formula is C14H18N2O. The van der Waals surface area contributed by atoms with E-state index in [1.165, 1.54) is 30.5 Å². The van der Waals surface area contributed by atoms with Crippen molar-refractivity contribution in [2.75, 3.05) is 13.7 Å². The summed E-state index contributed by atoms with van der Waals surface area (Å²) in [4.78, 5) is 4.42. The minimum Gasteiger partial charge on any atom is -0.495 e. The van der Waals surface area contributed by atoms with Gasteiger partial charge >= 0.3 is 0 Å². The number of nitrogens with zero attached hydrogens (tertiary/aromatic N) is 1. The number of aryl methyl sites for hydroxylation is 1. The van der Waals surface area contributed by atoms with Gasteiger partial charge in [0.15, 0.2) is 0 Å². The molecule has 1 saturated heterocycles. The first kappa shape index (κ1) is 10.8. The van der Waals surface area contributed by atoms with E-state index >= 15 is 0 Å². The Hall–Kier alpha value is -1.35. The minimum atomic E-state index is 0.540. The van der Waals surface area contributed by atoms with Crippen molar-refractivity contribution in [2.24, 2.45) is 5.92 Å². The fourth-order valence-corrected chi connectivity index (χ4v) is 2.79. The Bertz CT molecular complexity index is 467. The molecule has 1 aliphatic heterocycles. The van der Waals surface area contributed by atoms with Crippen LogP contribution in [0.5, 0.6) is 5.75 Å². The molecule has 1 N–H and O–H groups in total. The molecule has 3 nitrogen and oxygen atoms in total. The zero-order valence-corrected chi connectivity index (χ0v) is 10.4. The van der Waals surface area contributed by atoms with Crippen LogP contribution in [0.3, 0.4) is 0 Å². The second-order valence-electron chi connectivity index (χ2n) is 4.89. The summed E-state index contributed by atoms with van der Waals surface area (Å²) in [5.41, 5.74) is 3.55. The lowest BCUT2D eigenvalue weighted by atomic mass is 9.76. The molecule has 17 heavy (non-hydrogen) atoms. The number of fused-ring (bicyclic) bond motifs is 1. The second-order valence-corrected chi connectivity index (χ2v) is 4.89. The van der Waals surface area contributed by atoms with Crippen molar-refractivity contribution in [1.82, 2.24) is 10.3 Å². The van der Waals surface area contributed by atoms with Crippen LogP contribution < -0.4 is 10.1 Å². The number of methoxy groups -OCH3 is 1. The van der Waals surface area contributed by atoms with Crippen molar-refractivity contribution in [3.05, 3.63) is 29.6 Å². The average Bonchev–Trinajstić information content (AvgIpc) is 2.31. The number of hydrogen-bond acceptors (Lipinski definition) is 3. The largest absolute Gasteiger partial charge is 0.495 e. The Balaban J connectivity index is 1.95. The molecule has 2 atom stereocenters. The van der Waals surface area contributed by atoms with E-state index in [-0.39, 0.29) is 0 Å². The molecule has 3 heteroatoms. The van der Waals surface area contributed by atoms with Crippen LogP contribution >= 0.6 is 0 Å². The van der Waals surface area contributed by atoms with E-state index in [1.54, 1.807) is 7.11 Å². The molecule has 0 amide bonds. The van der Waals surface area contributed by atoms with Gasteiger partial charge in [-0.2, -0.15) is 0 Å². The van der Waals surface area contributed by atoms with E-state index in [9.17, 15) is 0 Å². The number of rotatable bonds is 2. The fraction of sp³-hybridized carbons (Fsp3) is 0.500. The molecule has 90 valence electrons. The Morgan fingerprint density at radius 1 is 1.47 bits per heavy atom. The normalized spacial score (nSPS) is 26.8. The van der Waals surface area contributed by atoms with Gasteiger partial charge in [-0.3, -0.25) is 4.98 Å². The molecule has 3 rings (SSSR count). The van der Waals surface area contributed by atoms with Crippen molar-refractivity contribution < 1.29 is 4.74 Å². The van der Waals surface area contributed by atoms with Gasteiger partial charge in [-0.05, 0) is 37.3 Å². The summed E-state index contributed by atoms with van der Waals surface area (Å²) < 4.78 is 5.35. The van der Waals surface area contributed by atoms with Crippen molar-refractivity contribution in [2.45, 2.75) is 25.8 Å². The van der Waals surface area contributed by atoms with Crippen LogP contribution in [0.25, 0.3) is 5.57 Å². The van der Waals surface area contributed by atoms with Gasteiger partial charge in [-0.25, -0.2) is 0 Å².